The van der Waals surface area contributed by atoms with E-state index in [-0.39, 0.29) is 11.4 Å². The normalized spacial score (nSPS) is 12.6. The summed E-state index contributed by atoms with van der Waals surface area (Å²) in [6.45, 7) is 4.30. The minimum Gasteiger partial charge on any atom is -0.266 e. The van der Waals surface area contributed by atoms with Gasteiger partial charge in [0.1, 0.15) is 5.82 Å². The topological polar surface area (TPSA) is 47.3 Å². The Hall–Kier alpha value is -3.12. The highest BCUT2D eigenvalue weighted by Gasteiger charge is 2.09. The SMILES string of the molecule is CC(C)c1ccc(/C=c2/sc3nc(/C=C/c4ccc(F)cc4)nn3c2=O)cc1. The van der Waals surface area contributed by atoms with Gasteiger partial charge in [-0.15, -0.1) is 5.10 Å². The van der Waals surface area contributed by atoms with Crippen LogP contribution in [0.4, 0.5) is 4.39 Å². The first-order valence-corrected chi connectivity index (χ1v) is 9.76. The highest BCUT2D eigenvalue weighted by atomic mass is 32.1. The van der Waals surface area contributed by atoms with Crippen LogP contribution in [-0.2, 0) is 0 Å². The molecule has 140 valence electrons. The Morgan fingerprint density at radius 2 is 1.68 bits per heavy atom. The van der Waals surface area contributed by atoms with Crippen LogP contribution < -0.4 is 10.1 Å². The van der Waals surface area contributed by atoms with Crippen molar-refractivity contribution in [3.63, 3.8) is 0 Å². The molecule has 4 rings (SSSR count). The Bertz CT molecular complexity index is 1250. The third-order valence-electron chi connectivity index (χ3n) is 4.39. The molecule has 0 fully saturated rings. The van der Waals surface area contributed by atoms with Gasteiger partial charge in [-0.25, -0.2) is 4.39 Å². The molecule has 0 N–H and O–H groups in total. The van der Waals surface area contributed by atoms with Gasteiger partial charge in [-0.1, -0.05) is 67.7 Å². The van der Waals surface area contributed by atoms with Crippen molar-refractivity contribution in [3.8, 4) is 0 Å². The van der Waals surface area contributed by atoms with Gasteiger partial charge in [0, 0.05) is 0 Å². The summed E-state index contributed by atoms with van der Waals surface area (Å²) in [5.74, 6) is 0.636. The third-order valence-corrected chi connectivity index (χ3v) is 5.35. The first-order valence-electron chi connectivity index (χ1n) is 8.94. The average molecular weight is 391 g/mol. The number of halogens is 1. The molecule has 28 heavy (non-hydrogen) atoms. The van der Waals surface area contributed by atoms with E-state index in [0.29, 0.717) is 21.2 Å². The van der Waals surface area contributed by atoms with Crippen LogP contribution in [0.1, 0.15) is 42.3 Å². The predicted molar refractivity (Wildman–Crippen MR) is 112 cm³/mol. The van der Waals surface area contributed by atoms with Crippen LogP contribution in [0.15, 0.2) is 53.3 Å². The van der Waals surface area contributed by atoms with Crippen LogP contribution in [0.25, 0.3) is 23.2 Å². The quantitative estimate of drug-likeness (QED) is 0.525. The first kappa shape index (κ1) is 18.3. The van der Waals surface area contributed by atoms with Gasteiger partial charge >= 0.3 is 0 Å². The Balaban J connectivity index is 1.62. The molecule has 2 aromatic carbocycles. The van der Waals surface area contributed by atoms with E-state index < -0.39 is 0 Å². The van der Waals surface area contributed by atoms with Gasteiger partial charge in [0.15, 0.2) is 5.82 Å². The zero-order valence-corrected chi connectivity index (χ0v) is 16.3. The Morgan fingerprint density at radius 3 is 2.32 bits per heavy atom. The maximum atomic E-state index is 13.0. The summed E-state index contributed by atoms with van der Waals surface area (Å²) in [6.07, 6.45) is 5.36. The van der Waals surface area contributed by atoms with Crippen LogP contribution in [0, 0.1) is 5.82 Å². The van der Waals surface area contributed by atoms with E-state index >= 15 is 0 Å². The molecule has 0 radical (unpaired) electrons. The molecule has 4 aromatic rings. The van der Waals surface area contributed by atoms with Crippen molar-refractivity contribution in [2.75, 3.05) is 0 Å². The number of aromatic nitrogens is 3. The highest BCUT2D eigenvalue weighted by Crippen LogP contribution is 2.15. The molecule has 0 amide bonds. The summed E-state index contributed by atoms with van der Waals surface area (Å²) >= 11 is 1.31. The minimum atomic E-state index is -0.281. The molecule has 4 nitrogen and oxygen atoms in total. The molecular formula is C22H18FN3OS. The Labute approximate surface area is 165 Å². The summed E-state index contributed by atoms with van der Waals surface area (Å²) in [7, 11) is 0. The lowest BCUT2D eigenvalue weighted by atomic mass is 10.0. The lowest BCUT2D eigenvalue weighted by Gasteiger charge is -2.04. The van der Waals surface area contributed by atoms with Crippen LogP contribution in [0.5, 0.6) is 0 Å². The van der Waals surface area contributed by atoms with E-state index in [1.165, 1.54) is 33.5 Å². The molecule has 2 aromatic heterocycles. The van der Waals surface area contributed by atoms with Crippen molar-refractivity contribution in [2.45, 2.75) is 19.8 Å². The van der Waals surface area contributed by atoms with Gasteiger partial charge < -0.3 is 0 Å². The second kappa shape index (κ2) is 7.48. The molecule has 0 spiro atoms. The fourth-order valence-electron chi connectivity index (χ4n) is 2.79. The second-order valence-electron chi connectivity index (χ2n) is 6.79. The number of hydrogen-bond acceptors (Lipinski definition) is 4. The number of rotatable bonds is 4. The molecular weight excluding hydrogens is 373 g/mol. The second-order valence-corrected chi connectivity index (χ2v) is 7.80. The molecule has 0 aliphatic rings. The molecule has 0 atom stereocenters. The van der Waals surface area contributed by atoms with Gasteiger partial charge in [0.05, 0.1) is 4.53 Å². The van der Waals surface area contributed by atoms with Crippen molar-refractivity contribution in [1.29, 1.82) is 0 Å². The zero-order valence-electron chi connectivity index (χ0n) is 15.5. The number of nitrogens with zero attached hydrogens (tertiary/aromatic N) is 3. The van der Waals surface area contributed by atoms with Gasteiger partial charge in [-0.05, 0) is 46.9 Å². The first-order chi connectivity index (χ1) is 13.5. The lowest BCUT2D eigenvalue weighted by molar-refractivity contribution is 0.628. The minimum absolute atomic E-state index is 0.179. The van der Waals surface area contributed by atoms with Crippen molar-refractivity contribution in [3.05, 3.63) is 91.7 Å². The number of hydrogen-bond donors (Lipinski definition) is 0. The van der Waals surface area contributed by atoms with Crippen molar-refractivity contribution < 1.29 is 4.39 Å². The number of benzene rings is 2. The van der Waals surface area contributed by atoms with Crippen LogP contribution >= 0.6 is 11.3 Å². The van der Waals surface area contributed by atoms with Crippen molar-refractivity contribution in [1.82, 2.24) is 14.6 Å². The van der Waals surface area contributed by atoms with Gasteiger partial charge in [-0.2, -0.15) is 9.50 Å². The smallest absolute Gasteiger partial charge is 0.266 e. The van der Waals surface area contributed by atoms with Crippen LogP contribution in [0.2, 0.25) is 0 Å². The highest BCUT2D eigenvalue weighted by molar-refractivity contribution is 7.15. The molecule has 0 unspecified atom stereocenters. The predicted octanol–water partition coefficient (Wildman–Crippen LogP) is 4.13. The zero-order chi connectivity index (χ0) is 19.7. The molecule has 0 saturated heterocycles. The van der Waals surface area contributed by atoms with E-state index in [1.807, 2.05) is 18.2 Å². The van der Waals surface area contributed by atoms with Gasteiger partial charge in [-0.3, -0.25) is 4.79 Å². The summed E-state index contributed by atoms with van der Waals surface area (Å²) < 4.78 is 14.9. The van der Waals surface area contributed by atoms with E-state index in [9.17, 15) is 9.18 Å². The largest absolute Gasteiger partial charge is 0.291 e. The summed E-state index contributed by atoms with van der Waals surface area (Å²) in [6, 6.07) is 14.3. The summed E-state index contributed by atoms with van der Waals surface area (Å²) in [5.41, 5.74) is 2.89. The van der Waals surface area contributed by atoms with E-state index in [1.54, 1.807) is 24.3 Å². The van der Waals surface area contributed by atoms with E-state index in [2.05, 4.69) is 36.1 Å². The van der Waals surface area contributed by atoms with Crippen LogP contribution in [-0.4, -0.2) is 14.6 Å². The maximum Gasteiger partial charge on any atom is 0.291 e. The Morgan fingerprint density at radius 1 is 1.00 bits per heavy atom. The summed E-state index contributed by atoms with van der Waals surface area (Å²) in [4.78, 5) is 17.6. The lowest BCUT2D eigenvalue weighted by Crippen LogP contribution is -2.23. The molecule has 2 heterocycles. The van der Waals surface area contributed by atoms with Gasteiger partial charge in [0.25, 0.3) is 5.56 Å². The monoisotopic (exact) mass is 391 g/mol. The maximum absolute atomic E-state index is 13.0. The van der Waals surface area contributed by atoms with Gasteiger partial charge in [0.2, 0.25) is 4.96 Å². The summed E-state index contributed by atoms with van der Waals surface area (Å²) in [5, 5.41) is 4.27. The van der Waals surface area contributed by atoms with Crippen molar-refractivity contribution in [2.24, 2.45) is 0 Å². The fourth-order valence-corrected chi connectivity index (χ4v) is 3.71. The molecule has 0 saturated carbocycles. The molecule has 6 heteroatoms. The van der Waals surface area contributed by atoms with Crippen LogP contribution in [0.3, 0.4) is 0 Å². The van der Waals surface area contributed by atoms with E-state index in [4.69, 9.17) is 0 Å². The van der Waals surface area contributed by atoms with Crippen molar-refractivity contribution >= 4 is 34.5 Å². The standard InChI is InChI=1S/C22H18FN3OS/c1-14(2)17-8-3-16(4-9-17)13-19-21(27)26-22(28-19)24-20(25-26)12-7-15-5-10-18(23)11-6-15/h3-14H,1-2H3/b12-7+,19-13+. The third kappa shape index (κ3) is 3.77. The number of thiazole rings is 1. The average Bonchev–Trinajstić information content (AvgIpc) is 3.21. The molecule has 0 aliphatic heterocycles. The van der Waals surface area contributed by atoms with E-state index in [0.717, 1.165) is 11.1 Å². The number of fused-ring (bicyclic) bond motifs is 1. The molecule has 0 aliphatic carbocycles. The Kier molecular flexibility index (Phi) is 4.88. The fraction of sp³-hybridized carbons (Fsp3) is 0.136. The molecule has 0 bridgehead atoms.